The molecule has 0 radical (unpaired) electrons. The SMILES string of the molecule is FC(F)(F)c1ccc(SS)nc1. The van der Waals surface area contributed by atoms with Gasteiger partial charge in [-0.2, -0.15) is 13.2 Å². The Morgan fingerprint density at radius 2 is 2.00 bits per heavy atom. The Hall–Kier alpha value is -0.360. The van der Waals surface area contributed by atoms with Gasteiger partial charge >= 0.3 is 6.18 Å². The summed E-state index contributed by atoms with van der Waals surface area (Å²) in [6.07, 6.45) is -3.52. The first kappa shape index (κ1) is 9.73. The summed E-state index contributed by atoms with van der Waals surface area (Å²) in [6, 6.07) is 2.26. The fraction of sp³-hybridized carbons (Fsp3) is 0.167. The summed E-state index contributed by atoms with van der Waals surface area (Å²) in [7, 11) is 1.00. The topological polar surface area (TPSA) is 12.9 Å². The second kappa shape index (κ2) is 3.57. The van der Waals surface area contributed by atoms with Gasteiger partial charge in [0.1, 0.15) is 5.03 Å². The maximum atomic E-state index is 12.0. The second-order valence-electron chi connectivity index (χ2n) is 1.97. The highest BCUT2D eigenvalue weighted by Gasteiger charge is 2.30. The highest BCUT2D eigenvalue weighted by molar-refractivity contribution is 8.68. The molecule has 6 heteroatoms. The molecule has 0 amide bonds. The van der Waals surface area contributed by atoms with Gasteiger partial charge in [-0.15, -0.1) is 11.7 Å². The van der Waals surface area contributed by atoms with Crippen molar-refractivity contribution in [2.45, 2.75) is 11.2 Å². The molecule has 0 N–H and O–H groups in total. The van der Waals surface area contributed by atoms with E-state index in [1.807, 2.05) is 0 Å². The molecule has 0 unspecified atom stereocenters. The van der Waals surface area contributed by atoms with Crippen LogP contribution in [0, 0.1) is 0 Å². The minimum atomic E-state index is -4.31. The van der Waals surface area contributed by atoms with Crippen molar-refractivity contribution in [1.82, 2.24) is 4.98 Å². The van der Waals surface area contributed by atoms with Crippen molar-refractivity contribution in [2.24, 2.45) is 0 Å². The highest BCUT2D eigenvalue weighted by Crippen LogP contribution is 2.29. The van der Waals surface area contributed by atoms with E-state index in [0.29, 0.717) is 5.03 Å². The molecule has 0 atom stereocenters. The summed E-state index contributed by atoms with van der Waals surface area (Å²) in [5.41, 5.74) is -0.742. The molecule has 0 aliphatic carbocycles. The molecular formula is C6H4F3NS2. The number of hydrogen-bond acceptors (Lipinski definition) is 3. The molecule has 1 aromatic rings. The third-order valence-electron chi connectivity index (χ3n) is 1.16. The summed E-state index contributed by atoms with van der Waals surface area (Å²) >= 11 is 3.79. The summed E-state index contributed by atoms with van der Waals surface area (Å²) in [6.45, 7) is 0. The molecule has 0 saturated carbocycles. The van der Waals surface area contributed by atoms with E-state index < -0.39 is 11.7 Å². The van der Waals surface area contributed by atoms with Crippen molar-refractivity contribution in [3.63, 3.8) is 0 Å². The van der Waals surface area contributed by atoms with E-state index in [9.17, 15) is 13.2 Å². The number of thiol groups is 1. The molecule has 0 aromatic carbocycles. The van der Waals surface area contributed by atoms with Crippen LogP contribution in [0.1, 0.15) is 5.56 Å². The van der Waals surface area contributed by atoms with Gasteiger partial charge in [0.25, 0.3) is 0 Å². The van der Waals surface area contributed by atoms with Crippen LogP contribution in [0.4, 0.5) is 13.2 Å². The minimum Gasteiger partial charge on any atom is -0.248 e. The molecule has 1 nitrogen and oxygen atoms in total. The third-order valence-corrected chi connectivity index (χ3v) is 2.15. The number of aromatic nitrogens is 1. The van der Waals surface area contributed by atoms with E-state index in [0.717, 1.165) is 23.1 Å². The molecule has 12 heavy (non-hydrogen) atoms. The number of rotatable bonds is 1. The van der Waals surface area contributed by atoms with Crippen LogP contribution in [0.2, 0.25) is 0 Å². The summed E-state index contributed by atoms with van der Waals surface area (Å²) in [5, 5.41) is 0.450. The van der Waals surface area contributed by atoms with Crippen LogP contribution in [0.15, 0.2) is 23.4 Å². The van der Waals surface area contributed by atoms with Gasteiger partial charge in [-0.05, 0) is 22.9 Å². The molecular weight excluding hydrogens is 207 g/mol. The van der Waals surface area contributed by atoms with Crippen LogP contribution in [-0.4, -0.2) is 4.98 Å². The third kappa shape index (κ3) is 2.31. The Morgan fingerprint density at radius 1 is 1.33 bits per heavy atom. The molecule has 0 aliphatic rings. The van der Waals surface area contributed by atoms with Crippen molar-refractivity contribution in [1.29, 1.82) is 0 Å². The molecule has 0 aliphatic heterocycles. The van der Waals surface area contributed by atoms with Crippen molar-refractivity contribution >= 4 is 22.5 Å². The zero-order valence-corrected chi connectivity index (χ0v) is 7.38. The lowest BCUT2D eigenvalue weighted by Crippen LogP contribution is -2.04. The normalized spacial score (nSPS) is 11.7. The first-order valence-corrected chi connectivity index (χ1v) is 4.75. The molecule has 1 heterocycles. The Morgan fingerprint density at radius 3 is 2.33 bits per heavy atom. The monoisotopic (exact) mass is 211 g/mol. The molecule has 0 spiro atoms. The van der Waals surface area contributed by atoms with Crippen molar-refractivity contribution in [2.75, 3.05) is 0 Å². The van der Waals surface area contributed by atoms with Gasteiger partial charge in [0.15, 0.2) is 0 Å². The van der Waals surface area contributed by atoms with Gasteiger partial charge < -0.3 is 0 Å². The van der Waals surface area contributed by atoms with Crippen molar-refractivity contribution < 1.29 is 13.2 Å². The number of pyridine rings is 1. The van der Waals surface area contributed by atoms with E-state index in [4.69, 9.17) is 0 Å². The van der Waals surface area contributed by atoms with E-state index in [2.05, 4.69) is 16.6 Å². The van der Waals surface area contributed by atoms with Crippen molar-refractivity contribution in [3.05, 3.63) is 23.9 Å². The average Bonchev–Trinajstić information content (AvgIpc) is 2.03. The number of halogens is 3. The van der Waals surface area contributed by atoms with Crippen LogP contribution in [0.25, 0.3) is 0 Å². The maximum Gasteiger partial charge on any atom is 0.417 e. The average molecular weight is 211 g/mol. The molecule has 66 valence electrons. The minimum absolute atomic E-state index is 0.450. The van der Waals surface area contributed by atoms with E-state index in [-0.39, 0.29) is 0 Å². The Bertz CT molecular complexity index is 256. The van der Waals surface area contributed by atoms with E-state index in [1.54, 1.807) is 0 Å². The lowest BCUT2D eigenvalue weighted by Gasteiger charge is -2.04. The Kier molecular flexibility index (Phi) is 2.89. The predicted molar refractivity (Wildman–Crippen MR) is 44.1 cm³/mol. The lowest BCUT2D eigenvalue weighted by molar-refractivity contribution is -0.137. The van der Waals surface area contributed by atoms with Crippen LogP contribution in [-0.2, 0) is 6.18 Å². The zero-order chi connectivity index (χ0) is 9.19. The van der Waals surface area contributed by atoms with Gasteiger partial charge in [0.05, 0.1) is 5.56 Å². The summed E-state index contributed by atoms with van der Waals surface area (Å²) < 4.78 is 35.9. The van der Waals surface area contributed by atoms with E-state index >= 15 is 0 Å². The number of hydrogen-bond donors (Lipinski definition) is 1. The Balaban J connectivity index is 2.93. The zero-order valence-electron chi connectivity index (χ0n) is 5.67. The van der Waals surface area contributed by atoms with Gasteiger partial charge in [0, 0.05) is 6.20 Å². The maximum absolute atomic E-state index is 12.0. The van der Waals surface area contributed by atoms with Gasteiger partial charge in [-0.3, -0.25) is 0 Å². The first-order valence-electron chi connectivity index (χ1n) is 2.88. The van der Waals surface area contributed by atoms with Crippen LogP contribution in [0.5, 0.6) is 0 Å². The summed E-state index contributed by atoms with van der Waals surface area (Å²) in [5.74, 6) is 0. The largest absolute Gasteiger partial charge is 0.417 e. The van der Waals surface area contributed by atoms with Crippen LogP contribution in [0.3, 0.4) is 0 Å². The second-order valence-corrected chi connectivity index (χ2v) is 3.12. The molecule has 0 fully saturated rings. The highest BCUT2D eigenvalue weighted by atomic mass is 33.1. The first-order chi connectivity index (χ1) is 5.54. The summed E-state index contributed by atoms with van der Waals surface area (Å²) in [4.78, 5) is 3.53. The number of alkyl halides is 3. The fourth-order valence-corrected chi connectivity index (χ4v) is 1.15. The van der Waals surface area contributed by atoms with Crippen molar-refractivity contribution in [3.8, 4) is 0 Å². The molecule has 0 bridgehead atoms. The molecule has 0 saturated heterocycles. The fourth-order valence-electron chi connectivity index (χ4n) is 0.602. The standard InChI is InChI=1S/C6H4F3NS2/c7-6(8,9)4-1-2-5(12-11)10-3-4/h1-3,11H. The van der Waals surface area contributed by atoms with Gasteiger partial charge in [-0.25, -0.2) is 4.98 Å². The smallest absolute Gasteiger partial charge is 0.248 e. The lowest BCUT2D eigenvalue weighted by atomic mass is 10.3. The van der Waals surface area contributed by atoms with Gasteiger partial charge in [-0.1, -0.05) is 0 Å². The molecule has 1 aromatic heterocycles. The Labute approximate surface area is 76.2 Å². The molecule has 1 rings (SSSR count). The van der Waals surface area contributed by atoms with Crippen LogP contribution >= 0.6 is 22.5 Å². The van der Waals surface area contributed by atoms with Crippen LogP contribution < -0.4 is 0 Å². The predicted octanol–water partition coefficient (Wildman–Crippen LogP) is 3.04. The van der Waals surface area contributed by atoms with E-state index in [1.165, 1.54) is 6.07 Å². The quantitative estimate of drug-likeness (QED) is 0.566. The number of nitrogens with zero attached hydrogens (tertiary/aromatic N) is 1. The van der Waals surface area contributed by atoms with Gasteiger partial charge in [0.2, 0.25) is 0 Å².